The maximum Gasteiger partial charge on any atom is 0.320 e. The molecule has 0 aromatic rings. The number of hydrogen-bond acceptors (Lipinski definition) is 3. The number of carboxylic acids is 1. The van der Waals surface area contributed by atoms with Crippen LogP contribution >= 0.6 is 0 Å². The van der Waals surface area contributed by atoms with Crippen molar-refractivity contribution in [2.45, 2.75) is 33.2 Å². The Kier molecular flexibility index (Phi) is 4.46. The third-order valence-electron chi connectivity index (χ3n) is 4.70. The van der Waals surface area contributed by atoms with Crippen molar-refractivity contribution in [1.29, 1.82) is 0 Å². The average molecular weight is 297 g/mol. The average Bonchev–Trinajstić information content (AvgIpc) is 2.79. The zero-order chi connectivity index (χ0) is 15.8. The Bertz CT molecular complexity index is 411. The summed E-state index contributed by atoms with van der Waals surface area (Å²) in [6, 6.07) is -0.000779. The first-order chi connectivity index (χ1) is 9.70. The van der Waals surface area contributed by atoms with Crippen LogP contribution in [0.5, 0.6) is 0 Å². The largest absolute Gasteiger partial charge is 0.481 e. The minimum Gasteiger partial charge on any atom is -0.481 e. The van der Waals surface area contributed by atoms with E-state index in [9.17, 15) is 9.59 Å². The minimum absolute atomic E-state index is 0.000779. The van der Waals surface area contributed by atoms with E-state index in [0.29, 0.717) is 13.1 Å². The van der Waals surface area contributed by atoms with E-state index in [1.54, 1.807) is 4.90 Å². The van der Waals surface area contributed by atoms with Gasteiger partial charge in [-0.15, -0.1) is 0 Å². The van der Waals surface area contributed by atoms with Gasteiger partial charge in [-0.1, -0.05) is 6.92 Å². The van der Waals surface area contributed by atoms with Crippen LogP contribution in [0, 0.1) is 11.8 Å². The number of likely N-dealkylation sites (tertiary alicyclic amines) is 1. The smallest absolute Gasteiger partial charge is 0.320 e. The lowest BCUT2D eigenvalue weighted by Crippen LogP contribution is -2.56. The lowest BCUT2D eigenvalue weighted by Gasteiger charge is -2.43. The molecule has 2 aliphatic heterocycles. The summed E-state index contributed by atoms with van der Waals surface area (Å²) in [6.45, 7) is 12.5. The second-order valence-electron chi connectivity index (χ2n) is 7.25. The van der Waals surface area contributed by atoms with Crippen LogP contribution in [0.3, 0.4) is 0 Å². The van der Waals surface area contributed by atoms with Gasteiger partial charge in [-0.25, -0.2) is 4.79 Å². The number of piperazine rings is 1. The summed E-state index contributed by atoms with van der Waals surface area (Å²) in [4.78, 5) is 29.6. The molecule has 0 aliphatic carbocycles. The number of aliphatic carboxylic acids is 1. The van der Waals surface area contributed by atoms with Crippen molar-refractivity contribution in [2.75, 3.05) is 39.3 Å². The van der Waals surface area contributed by atoms with E-state index < -0.39 is 11.9 Å². The molecular weight excluding hydrogens is 270 g/mol. The number of carbonyl (C=O) groups is 2. The quantitative estimate of drug-likeness (QED) is 0.789. The molecule has 2 heterocycles. The Labute approximate surface area is 126 Å². The SMILES string of the molecule is C[C@@H]1CN(C(=O)N2CCN(C(C)(C)C)CC2)C[C@H]1C(=O)O. The Morgan fingerprint density at radius 3 is 2.00 bits per heavy atom. The van der Waals surface area contributed by atoms with Crippen molar-refractivity contribution in [3.05, 3.63) is 0 Å². The van der Waals surface area contributed by atoms with Gasteiger partial charge in [0.2, 0.25) is 0 Å². The molecule has 2 saturated heterocycles. The van der Waals surface area contributed by atoms with Crippen molar-refractivity contribution >= 4 is 12.0 Å². The Morgan fingerprint density at radius 2 is 1.57 bits per heavy atom. The Hall–Kier alpha value is -1.30. The van der Waals surface area contributed by atoms with E-state index in [2.05, 4.69) is 25.7 Å². The van der Waals surface area contributed by atoms with Crippen molar-refractivity contribution in [2.24, 2.45) is 11.8 Å². The predicted molar refractivity (Wildman–Crippen MR) is 80.2 cm³/mol. The Balaban J connectivity index is 1.90. The molecule has 2 fully saturated rings. The fraction of sp³-hybridized carbons (Fsp3) is 0.867. The number of carboxylic acid groups (broad SMARTS) is 1. The second kappa shape index (κ2) is 5.83. The molecular formula is C15H27N3O3. The molecule has 6 nitrogen and oxygen atoms in total. The van der Waals surface area contributed by atoms with Gasteiger partial charge in [0.1, 0.15) is 0 Å². The molecule has 0 saturated carbocycles. The van der Waals surface area contributed by atoms with Crippen molar-refractivity contribution < 1.29 is 14.7 Å². The topological polar surface area (TPSA) is 64.1 Å². The molecule has 21 heavy (non-hydrogen) atoms. The fourth-order valence-electron chi connectivity index (χ4n) is 3.21. The van der Waals surface area contributed by atoms with E-state index in [4.69, 9.17) is 5.11 Å². The summed E-state index contributed by atoms with van der Waals surface area (Å²) in [7, 11) is 0. The van der Waals surface area contributed by atoms with E-state index in [-0.39, 0.29) is 17.5 Å². The van der Waals surface area contributed by atoms with Crippen LogP contribution in [-0.2, 0) is 4.79 Å². The molecule has 1 N–H and O–H groups in total. The monoisotopic (exact) mass is 297 g/mol. The zero-order valence-corrected chi connectivity index (χ0v) is 13.5. The summed E-state index contributed by atoms with van der Waals surface area (Å²) in [5.74, 6) is -1.19. The standard InChI is InChI=1S/C15H27N3O3/c1-11-9-17(10-12(11)13(19)20)14(21)16-5-7-18(8-6-16)15(2,3)4/h11-12H,5-10H2,1-4H3,(H,19,20)/t11-,12-/m1/s1. The van der Waals surface area contributed by atoms with Gasteiger partial charge in [0.25, 0.3) is 0 Å². The highest BCUT2D eigenvalue weighted by Crippen LogP contribution is 2.25. The highest BCUT2D eigenvalue weighted by Gasteiger charge is 2.39. The molecule has 0 aromatic heterocycles. The van der Waals surface area contributed by atoms with Crippen LogP contribution < -0.4 is 0 Å². The molecule has 0 bridgehead atoms. The predicted octanol–water partition coefficient (Wildman–Crippen LogP) is 1.18. The lowest BCUT2D eigenvalue weighted by molar-refractivity contribution is -0.142. The van der Waals surface area contributed by atoms with Crippen molar-refractivity contribution in [3.63, 3.8) is 0 Å². The summed E-state index contributed by atoms with van der Waals surface area (Å²) < 4.78 is 0. The molecule has 0 spiro atoms. The second-order valence-corrected chi connectivity index (χ2v) is 7.25. The maximum absolute atomic E-state index is 12.5. The highest BCUT2D eigenvalue weighted by molar-refractivity contribution is 5.77. The summed E-state index contributed by atoms with van der Waals surface area (Å²) in [5.41, 5.74) is 0.131. The van der Waals surface area contributed by atoms with Gasteiger partial charge < -0.3 is 14.9 Å². The van der Waals surface area contributed by atoms with Crippen LogP contribution in [0.1, 0.15) is 27.7 Å². The molecule has 2 rings (SSSR count). The normalized spacial score (nSPS) is 28.0. The van der Waals surface area contributed by atoms with E-state index in [1.165, 1.54) is 0 Å². The van der Waals surface area contributed by atoms with Crippen LogP contribution in [0.25, 0.3) is 0 Å². The number of rotatable bonds is 1. The van der Waals surface area contributed by atoms with Crippen LogP contribution in [0.2, 0.25) is 0 Å². The first-order valence-corrected chi connectivity index (χ1v) is 7.72. The number of amides is 2. The lowest BCUT2D eigenvalue weighted by atomic mass is 9.99. The van der Waals surface area contributed by atoms with E-state index in [0.717, 1.165) is 26.2 Å². The molecule has 6 heteroatoms. The fourth-order valence-corrected chi connectivity index (χ4v) is 3.21. The molecule has 2 amide bonds. The number of hydrogen-bond donors (Lipinski definition) is 1. The third-order valence-corrected chi connectivity index (χ3v) is 4.70. The maximum atomic E-state index is 12.5. The third kappa shape index (κ3) is 3.48. The number of urea groups is 1. The first kappa shape index (κ1) is 16.1. The summed E-state index contributed by atoms with van der Waals surface area (Å²) in [6.07, 6.45) is 0. The molecule has 0 unspecified atom stereocenters. The van der Waals surface area contributed by atoms with Gasteiger partial charge >= 0.3 is 12.0 Å². The van der Waals surface area contributed by atoms with Gasteiger partial charge in [0.15, 0.2) is 0 Å². The summed E-state index contributed by atoms with van der Waals surface area (Å²) in [5, 5.41) is 9.16. The van der Waals surface area contributed by atoms with Gasteiger partial charge in [-0.3, -0.25) is 9.69 Å². The molecule has 120 valence electrons. The van der Waals surface area contributed by atoms with Gasteiger partial charge in [-0.2, -0.15) is 0 Å². The highest BCUT2D eigenvalue weighted by atomic mass is 16.4. The number of carbonyl (C=O) groups excluding carboxylic acids is 1. The molecule has 2 atom stereocenters. The van der Waals surface area contributed by atoms with E-state index >= 15 is 0 Å². The molecule has 2 aliphatic rings. The van der Waals surface area contributed by atoms with Crippen molar-refractivity contribution in [3.8, 4) is 0 Å². The zero-order valence-electron chi connectivity index (χ0n) is 13.5. The summed E-state index contributed by atoms with van der Waals surface area (Å²) >= 11 is 0. The molecule has 0 radical (unpaired) electrons. The Morgan fingerprint density at radius 1 is 1.00 bits per heavy atom. The van der Waals surface area contributed by atoms with Gasteiger partial charge in [-0.05, 0) is 26.7 Å². The molecule has 0 aromatic carbocycles. The van der Waals surface area contributed by atoms with Gasteiger partial charge in [0, 0.05) is 44.8 Å². The first-order valence-electron chi connectivity index (χ1n) is 7.72. The van der Waals surface area contributed by atoms with Crippen LogP contribution in [-0.4, -0.2) is 76.6 Å². The van der Waals surface area contributed by atoms with Crippen molar-refractivity contribution in [1.82, 2.24) is 14.7 Å². The minimum atomic E-state index is -0.796. The van der Waals surface area contributed by atoms with Crippen LogP contribution in [0.4, 0.5) is 4.79 Å². The van der Waals surface area contributed by atoms with Gasteiger partial charge in [0.05, 0.1) is 5.92 Å². The van der Waals surface area contributed by atoms with E-state index in [1.807, 2.05) is 11.8 Å². The number of nitrogens with zero attached hydrogens (tertiary/aromatic N) is 3. The van der Waals surface area contributed by atoms with Crippen LogP contribution in [0.15, 0.2) is 0 Å².